The summed E-state index contributed by atoms with van der Waals surface area (Å²) in [4.78, 5) is 25.8. The first kappa shape index (κ1) is 50.7. The molecule has 0 unspecified atom stereocenters. The Hall–Kier alpha value is -6.32. The van der Waals surface area contributed by atoms with E-state index in [0.717, 1.165) is 70.2 Å². The highest BCUT2D eigenvalue weighted by atomic mass is 32.2. The van der Waals surface area contributed by atoms with Crippen LogP contribution >= 0.6 is 0 Å². The fraction of sp³-hybridized carbons (Fsp3) is 0.269. The van der Waals surface area contributed by atoms with Crippen LogP contribution in [0.15, 0.2) is 156 Å². The van der Waals surface area contributed by atoms with E-state index < -0.39 is 20.2 Å². The van der Waals surface area contributed by atoms with Gasteiger partial charge in [0.1, 0.15) is 33.3 Å². The highest BCUT2D eigenvalue weighted by Crippen LogP contribution is 2.20. The quantitative estimate of drug-likeness (QED) is 0.0546. The second-order valence-corrected chi connectivity index (χ2v) is 18.9. The lowest BCUT2D eigenvalue weighted by Crippen LogP contribution is -2.34. The number of unbranched alkanes of at least 4 members (excludes halogenated alkanes) is 6. The number of aromatic nitrogens is 2. The Morgan fingerprint density at radius 3 is 1.18 bits per heavy atom. The van der Waals surface area contributed by atoms with Crippen molar-refractivity contribution in [2.75, 3.05) is 10.6 Å². The number of benzene rings is 5. The summed E-state index contributed by atoms with van der Waals surface area (Å²) in [6.45, 7) is 9.99. The van der Waals surface area contributed by atoms with Crippen molar-refractivity contribution in [1.29, 1.82) is 0 Å². The number of nitrogens with zero attached hydrogens (tertiary/aromatic N) is 2. The van der Waals surface area contributed by atoms with Crippen molar-refractivity contribution in [1.82, 2.24) is 0 Å². The number of nitrogens with one attached hydrogen (secondary N) is 2. The number of rotatable bonds is 16. The van der Waals surface area contributed by atoms with Gasteiger partial charge in [-0.15, -0.1) is 0 Å². The molecular formula is C52H58N4O8S2. The predicted molar refractivity (Wildman–Crippen MR) is 257 cm³/mol. The van der Waals surface area contributed by atoms with E-state index >= 15 is 0 Å². The number of hydrogen-bond donors (Lipinski definition) is 2. The monoisotopic (exact) mass is 930 g/mol. The van der Waals surface area contributed by atoms with Gasteiger partial charge in [-0.2, -0.15) is 9.13 Å². The third-order valence-electron chi connectivity index (χ3n) is 10.8. The summed E-state index contributed by atoms with van der Waals surface area (Å²) in [7, 11) is -8.54. The first-order valence-corrected chi connectivity index (χ1v) is 25.0. The molecule has 0 atom stereocenters. The summed E-state index contributed by atoms with van der Waals surface area (Å²) in [5.41, 5.74) is 6.55. The maximum absolute atomic E-state index is 13.1. The molecule has 0 spiro atoms. The minimum Gasteiger partial charge on any atom is -0.744 e. The molecule has 66 heavy (non-hydrogen) atoms. The Morgan fingerprint density at radius 1 is 0.485 bits per heavy atom. The molecule has 7 rings (SSSR count). The van der Waals surface area contributed by atoms with Crippen LogP contribution < -0.4 is 19.8 Å². The lowest BCUT2D eigenvalue weighted by Gasteiger charge is -2.09. The van der Waals surface area contributed by atoms with Crippen molar-refractivity contribution < 1.29 is 44.7 Å². The van der Waals surface area contributed by atoms with Gasteiger partial charge in [0.25, 0.3) is 11.8 Å². The van der Waals surface area contributed by atoms with E-state index in [1.807, 2.05) is 50.2 Å². The van der Waals surface area contributed by atoms with Gasteiger partial charge in [-0.25, -0.2) is 16.8 Å². The first-order chi connectivity index (χ1) is 31.5. The summed E-state index contributed by atoms with van der Waals surface area (Å²) in [6, 6.07) is 38.7. The summed E-state index contributed by atoms with van der Waals surface area (Å²) < 4.78 is 66.9. The molecule has 2 heterocycles. The Balaban J connectivity index is 0.000000301. The summed E-state index contributed by atoms with van der Waals surface area (Å²) >= 11 is 0. The number of aryl methyl sites for hydroxylation is 4. The molecule has 0 saturated carbocycles. The Morgan fingerprint density at radius 2 is 0.848 bits per heavy atom. The number of fused-ring (bicyclic) bond motifs is 2. The minimum absolute atomic E-state index is 0.178. The van der Waals surface area contributed by atoms with Gasteiger partial charge in [0.05, 0.1) is 9.79 Å². The van der Waals surface area contributed by atoms with E-state index in [0.29, 0.717) is 11.1 Å². The molecule has 0 radical (unpaired) electrons. The van der Waals surface area contributed by atoms with Crippen LogP contribution in [0.2, 0.25) is 0 Å². The maximum atomic E-state index is 13.1. The average Bonchev–Trinajstić information content (AvgIpc) is 3.29. The van der Waals surface area contributed by atoms with E-state index in [9.17, 15) is 35.5 Å². The number of pyridine rings is 2. The zero-order chi connectivity index (χ0) is 47.7. The summed E-state index contributed by atoms with van der Waals surface area (Å²) in [5, 5.41) is 8.35. The van der Waals surface area contributed by atoms with E-state index in [1.54, 1.807) is 48.5 Å². The number of carbonyl (C=O) groups is 2. The van der Waals surface area contributed by atoms with Gasteiger partial charge in [-0.1, -0.05) is 74.9 Å². The molecule has 0 fully saturated rings. The normalized spacial score (nSPS) is 11.2. The van der Waals surface area contributed by atoms with Crippen molar-refractivity contribution in [3.63, 3.8) is 0 Å². The SMILES string of the molecule is CCCCCC[n+]1cccc2ccc(NC(=O)c3ccc(C(=O)Nc4ccc5ccc[n+](CCCCCC)c5c4)cc3)cc21.Cc1ccc(S(=O)(=O)[O-])cc1.Cc1ccc(S(=O)(=O)[O-])cc1. The van der Waals surface area contributed by atoms with Gasteiger partial charge in [-0.3, -0.25) is 9.59 Å². The Bertz CT molecular complexity index is 2740. The third kappa shape index (κ3) is 15.4. The van der Waals surface area contributed by atoms with E-state index in [1.165, 1.54) is 62.8 Å². The fourth-order valence-electron chi connectivity index (χ4n) is 7.08. The lowest BCUT2D eigenvalue weighted by atomic mass is 10.1. The van der Waals surface area contributed by atoms with Gasteiger partial charge < -0.3 is 19.7 Å². The van der Waals surface area contributed by atoms with Gasteiger partial charge in [0.2, 0.25) is 11.0 Å². The molecule has 2 amide bonds. The van der Waals surface area contributed by atoms with Crippen molar-refractivity contribution in [3.05, 3.63) is 168 Å². The van der Waals surface area contributed by atoms with Gasteiger partial charge in [-0.05, 0) is 112 Å². The highest BCUT2D eigenvalue weighted by molar-refractivity contribution is 7.86. The van der Waals surface area contributed by atoms with Crippen LogP contribution in [0.25, 0.3) is 21.8 Å². The Labute approximate surface area is 388 Å². The van der Waals surface area contributed by atoms with E-state index in [2.05, 4.69) is 70.3 Å². The maximum Gasteiger partial charge on any atom is 0.255 e. The zero-order valence-corrected chi connectivity index (χ0v) is 39.5. The van der Waals surface area contributed by atoms with Crippen LogP contribution in [0.5, 0.6) is 0 Å². The highest BCUT2D eigenvalue weighted by Gasteiger charge is 2.15. The molecule has 5 aromatic carbocycles. The van der Waals surface area contributed by atoms with Gasteiger partial charge in [0.15, 0.2) is 12.4 Å². The molecule has 346 valence electrons. The van der Waals surface area contributed by atoms with Crippen LogP contribution in [-0.4, -0.2) is 37.8 Å². The third-order valence-corrected chi connectivity index (χ3v) is 12.5. The molecule has 0 aliphatic heterocycles. The molecule has 0 aliphatic carbocycles. The van der Waals surface area contributed by atoms with Crippen molar-refractivity contribution in [3.8, 4) is 0 Å². The number of hydrogen-bond acceptors (Lipinski definition) is 8. The molecule has 7 aromatic rings. The van der Waals surface area contributed by atoms with E-state index in [4.69, 9.17) is 0 Å². The molecule has 2 aromatic heterocycles. The van der Waals surface area contributed by atoms with Crippen LogP contribution in [0.3, 0.4) is 0 Å². The van der Waals surface area contributed by atoms with Crippen molar-refractivity contribution in [2.45, 2.75) is 102 Å². The van der Waals surface area contributed by atoms with Crippen LogP contribution in [0.1, 0.15) is 97.1 Å². The second-order valence-electron chi connectivity index (χ2n) is 16.1. The van der Waals surface area contributed by atoms with Crippen LogP contribution in [-0.2, 0) is 33.3 Å². The van der Waals surface area contributed by atoms with Crippen molar-refractivity contribution >= 4 is 65.2 Å². The molecule has 0 aliphatic rings. The zero-order valence-electron chi connectivity index (χ0n) is 37.9. The lowest BCUT2D eigenvalue weighted by molar-refractivity contribution is -0.672. The summed E-state index contributed by atoms with van der Waals surface area (Å²) in [5.74, 6) is -0.417. The first-order valence-electron chi connectivity index (χ1n) is 22.2. The van der Waals surface area contributed by atoms with Crippen LogP contribution in [0, 0.1) is 13.8 Å². The molecule has 14 heteroatoms. The minimum atomic E-state index is -4.27. The van der Waals surface area contributed by atoms with Crippen LogP contribution in [0.4, 0.5) is 11.4 Å². The summed E-state index contributed by atoms with van der Waals surface area (Å²) in [6.07, 6.45) is 13.8. The number of anilines is 2. The van der Waals surface area contributed by atoms with Gasteiger partial charge in [0, 0.05) is 70.4 Å². The smallest absolute Gasteiger partial charge is 0.255 e. The topological polar surface area (TPSA) is 180 Å². The fourth-order valence-corrected chi connectivity index (χ4v) is 8.02. The molecule has 2 N–H and O–H groups in total. The molecule has 12 nitrogen and oxygen atoms in total. The molecule has 0 bridgehead atoms. The standard InChI is InChI=1S/C38H42N4O2.2C7H8O3S/c1-3-5-7-9-23-41-25-11-13-29-19-21-33(27-35(29)41)39-37(43)31-15-17-32(18-16-31)38(44)40-34-22-20-30-14-12-26-42(36(30)28-34)24-10-8-6-4-2;2*1-6-2-4-7(5-3-6)11(8,9)10/h11-22,25-28H,3-10,23-24H2,1-2H3;2*2-5H,1H3,(H,8,9,10). The average molecular weight is 931 g/mol. The Kier molecular flexibility index (Phi) is 18.6. The largest absolute Gasteiger partial charge is 0.744 e. The molecule has 0 saturated heterocycles. The van der Waals surface area contributed by atoms with Crippen molar-refractivity contribution in [2.24, 2.45) is 0 Å². The van der Waals surface area contributed by atoms with Gasteiger partial charge >= 0.3 is 0 Å². The number of carbonyl (C=O) groups excluding carboxylic acids is 2. The number of amides is 2. The van der Waals surface area contributed by atoms with E-state index in [-0.39, 0.29) is 21.6 Å². The second kappa shape index (κ2) is 24.3. The molecular weight excluding hydrogens is 873 g/mol. The predicted octanol–water partition coefficient (Wildman–Crippen LogP) is 10.0.